The summed E-state index contributed by atoms with van der Waals surface area (Å²) >= 11 is 1.40. The number of rotatable bonds is 8. The lowest BCUT2D eigenvalue weighted by atomic mass is 9.83. The zero-order valence-corrected chi connectivity index (χ0v) is 21.3. The van der Waals surface area contributed by atoms with Crippen molar-refractivity contribution in [2.24, 2.45) is 5.92 Å². The van der Waals surface area contributed by atoms with Crippen molar-refractivity contribution in [3.05, 3.63) is 95.8 Å². The molecule has 194 valence electrons. The number of carbonyl (C=O) groups excluding carboxylic acids is 1. The number of carbonyl (C=O) groups is 1. The van der Waals surface area contributed by atoms with E-state index in [4.69, 9.17) is 4.74 Å². The highest BCUT2D eigenvalue weighted by molar-refractivity contribution is 7.99. The minimum atomic E-state index is -0.574. The highest BCUT2D eigenvalue weighted by atomic mass is 32.2. The van der Waals surface area contributed by atoms with Crippen LogP contribution >= 0.6 is 11.8 Å². The van der Waals surface area contributed by atoms with Crippen LogP contribution in [0, 0.1) is 23.4 Å². The summed E-state index contributed by atoms with van der Waals surface area (Å²) in [5.41, 5.74) is 1.53. The molecule has 3 fully saturated rings. The molecule has 1 atom stereocenters. The van der Waals surface area contributed by atoms with Gasteiger partial charge in [0.2, 0.25) is 0 Å². The van der Waals surface area contributed by atoms with E-state index in [1.807, 2.05) is 30.3 Å². The van der Waals surface area contributed by atoms with E-state index >= 15 is 0 Å². The summed E-state index contributed by atoms with van der Waals surface area (Å²) in [7, 11) is 0. The van der Waals surface area contributed by atoms with Gasteiger partial charge in [-0.15, -0.1) is 11.8 Å². The lowest BCUT2D eigenvalue weighted by Crippen LogP contribution is -2.65. The lowest BCUT2D eigenvalue weighted by Gasteiger charge is -2.52. The smallest absolute Gasteiger partial charge is 0.415 e. The summed E-state index contributed by atoms with van der Waals surface area (Å²) in [4.78, 5) is 15.5. The molecule has 8 heteroatoms. The minimum absolute atomic E-state index is 0.193. The van der Waals surface area contributed by atoms with Crippen LogP contribution in [0.1, 0.15) is 18.4 Å². The predicted molar refractivity (Wildman–Crippen MR) is 139 cm³/mol. The van der Waals surface area contributed by atoms with Crippen LogP contribution in [0.5, 0.6) is 0 Å². The standard InChI is InChI=1S/C29H30F3N2O2S/c30-23-8-6-21(7-9-23)19-33(25-4-2-1-3-5-25)29(35)36-27-20-34(14-12-22(27)13-15-34)16-17-37-28-11-10-24(31)18-26(28)32/h1-11,18,22,27H,12-17,19-20H2/q+1/t22?,27-,34?/m0/s1. The Balaban J connectivity index is 1.25. The van der Waals surface area contributed by atoms with Crippen LogP contribution in [0.2, 0.25) is 0 Å². The third kappa shape index (κ3) is 6.13. The summed E-state index contributed by atoms with van der Waals surface area (Å²) in [6.45, 7) is 3.88. The molecule has 0 N–H and O–H groups in total. The second-order valence-electron chi connectivity index (χ2n) is 9.93. The highest BCUT2D eigenvalue weighted by Gasteiger charge is 2.47. The van der Waals surface area contributed by atoms with Gasteiger partial charge >= 0.3 is 6.09 Å². The molecule has 2 bridgehead atoms. The number of thioether (sulfide) groups is 1. The first kappa shape index (κ1) is 25.7. The Morgan fingerprint density at radius 3 is 2.35 bits per heavy atom. The average Bonchev–Trinajstić information content (AvgIpc) is 2.90. The van der Waals surface area contributed by atoms with Crippen molar-refractivity contribution in [3.63, 3.8) is 0 Å². The maximum absolute atomic E-state index is 14.1. The summed E-state index contributed by atoms with van der Waals surface area (Å²) in [5.74, 6) is -0.394. The van der Waals surface area contributed by atoms with Gasteiger partial charge in [0, 0.05) is 41.2 Å². The van der Waals surface area contributed by atoms with E-state index in [2.05, 4.69) is 0 Å². The normalized spacial score (nSPS) is 22.6. The molecule has 3 aliphatic heterocycles. The molecule has 0 radical (unpaired) electrons. The molecule has 0 spiro atoms. The van der Waals surface area contributed by atoms with Gasteiger partial charge in [-0.25, -0.2) is 18.0 Å². The molecule has 3 aromatic rings. The van der Waals surface area contributed by atoms with Crippen LogP contribution in [-0.4, -0.2) is 48.6 Å². The number of anilines is 1. The van der Waals surface area contributed by atoms with Crippen LogP contribution in [-0.2, 0) is 11.3 Å². The van der Waals surface area contributed by atoms with Crippen molar-refractivity contribution < 1.29 is 27.2 Å². The number of hydrogen-bond donors (Lipinski definition) is 0. The largest absolute Gasteiger partial charge is 0.440 e. The second-order valence-corrected chi connectivity index (χ2v) is 11.1. The fourth-order valence-electron chi connectivity index (χ4n) is 5.45. The van der Waals surface area contributed by atoms with E-state index in [1.165, 1.54) is 36.0 Å². The summed E-state index contributed by atoms with van der Waals surface area (Å²) in [6.07, 6.45) is 1.37. The number of fused-ring (bicyclic) bond motifs is 3. The monoisotopic (exact) mass is 527 g/mol. The number of ether oxygens (including phenoxy) is 1. The zero-order valence-electron chi connectivity index (χ0n) is 20.5. The topological polar surface area (TPSA) is 29.5 Å². The van der Waals surface area contributed by atoms with Gasteiger partial charge < -0.3 is 9.22 Å². The van der Waals surface area contributed by atoms with Crippen molar-refractivity contribution in [1.29, 1.82) is 0 Å². The van der Waals surface area contributed by atoms with E-state index in [-0.39, 0.29) is 18.5 Å². The zero-order chi connectivity index (χ0) is 25.8. The van der Waals surface area contributed by atoms with Gasteiger partial charge in [-0.05, 0) is 42.0 Å². The summed E-state index contributed by atoms with van der Waals surface area (Å²) < 4.78 is 47.7. The van der Waals surface area contributed by atoms with Gasteiger partial charge in [-0.1, -0.05) is 30.3 Å². The number of piperidine rings is 3. The Bertz CT molecular complexity index is 1220. The maximum Gasteiger partial charge on any atom is 0.415 e. The number of benzene rings is 3. The molecule has 3 aliphatic rings. The molecule has 0 aliphatic carbocycles. The Morgan fingerprint density at radius 2 is 1.65 bits per heavy atom. The van der Waals surface area contributed by atoms with Crippen molar-refractivity contribution in [2.75, 3.05) is 36.8 Å². The van der Waals surface area contributed by atoms with Gasteiger partial charge in [0.1, 0.15) is 24.0 Å². The number of hydrogen-bond acceptors (Lipinski definition) is 3. The fourth-order valence-corrected chi connectivity index (χ4v) is 6.50. The molecular weight excluding hydrogens is 497 g/mol. The average molecular weight is 528 g/mol. The molecule has 3 heterocycles. The van der Waals surface area contributed by atoms with Gasteiger partial charge in [0.05, 0.1) is 26.2 Å². The molecule has 4 nitrogen and oxygen atoms in total. The van der Waals surface area contributed by atoms with E-state index < -0.39 is 17.7 Å². The third-order valence-electron chi connectivity index (χ3n) is 7.55. The molecular formula is C29H30F3N2O2S+. The molecule has 0 saturated carbocycles. The summed E-state index contributed by atoms with van der Waals surface area (Å²) in [5, 5.41) is 0. The molecule has 3 saturated heterocycles. The van der Waals surface area contributed by atoms with E-state index in [0.717, 1.165) is 60.8 Å². The van der Waals surface area contributed by atoms with E-state index in [1.54, 1.807) is 17.0 Å². The fraction of sp³-hybridized carbons (Fsp3) is 0.345. The predicted octanol–water partition coefficient (Wildman–Crippen LogP) is 6.65. The molecule has 0 unspecified atom stereocenters. The second kappa shape index (κ2) is 11.2. The number of amides is 1. The minimum Gasteiger partial charge on any atom is -0.440 e. The van der Waals surface area contributed by atoms with Crippen molar-refractivity contribution in [2.45, 2.75) is 30.4 Å². The maximum atomic E-state index is 14.1. The molecule has 37 heavy (non-hydrogen) atoms. The Morgan fingerprint density at radius 1 is 0.946 bits per heavy atom. The Hall–Kier alpha value is -2.97. The first-order valence-corrected chi connectivity index (χ1v) is 13.6. The van der Waals surface area contributed by atoms with Crippen LogP contribution in [0.25, 0.3) is 0 Å². The van der Waals surface area contributed by atoms with Crippen molar-refractivity contribution in [1.82, 2.24) is 0 Å². The number of nitrogens with zero attached hydrogens (tertiary/aromatic N) is 2. The van der Waals surface area contributed by atoms with Crippen LogP contribution in [0.4, 0.5) is 23.7 Å². The Labute approximate surface area is 219 Å². The Kier molecular flexibility index (Phi) is 7.76. The summed E-state index contributed by atoms with van der Waals surface area (Å²) in [6, 6.07) is 19.2. The quantitative estimate of drug-likeness (QED) is 0.243. The van der Waals surface area contributed by atoms with Gasteiger partial charge in [-0.3, -0.25) is 4.90 Å². The first-order valence-electron chi connectivity index (χ1n) is 12.6. The molecule has 0 aromatic heterocycles. The highest BCUT2D eigenvalue weighted by Crippen LogP contribution is 2.37. The van der Waals surface area contributed by atoms with Gasteiger partial charge in [0.25, 0.3) is 0 Å². The van der Waals surface area contributed by atoms with Crippen molar-refractivity contribution >= 4 is 23.5 Å². The molecule has 3 aromatic carbocycles. The van der Waals surface area contributed by atoms with Crippen LogP contribution in [0.3, 0.4) is 0 Å². The lowest BCUT2D eigenvalue weighted by molar-refractivity contribution is -0.943. The number of para-hydroxylation sites is 1. The van der Waals surface area contributed by atoms with Crippen LogP contribution < -0.4 is 4.90 Å². The van der Waals surface area contributed by atoms with Gasteiger partial charge in [0.15, 0.2) is 6.10 Å². The first-order chi connectivity index (χ1) is 17.9. The third-order valence-corrected chi connectivity index (χ3v) is 8.58. The molecule has 6 rings (SSSR count). The number of halogens is 3. The number of quaternary nitrogens is 1. The SMILES string of the molecule is O=C(O[C@H]1C[N+]2(CCSc3ccc(F)cc3F)CCC1CC2)N(Cc1ccc(F)cc1)c1ccccc1. The van der Waals surface area contributed by atoms with E-state index in [0.29, 0.717) is 16.6 Å². The van der Waals surface area contributed by atoms with Crippen LogP contribution in [0.15, 0.2) is 77.7 Å². The van der Waals surface area contributed by atoms with Gasteiger partial charge in [-0.2, -0.15) is 0 Å². The molecule has 1 amide bonds. The van der Waals surface area contributed by atoms with E-state index in [9.17, 15) is 18.0 Å². The van der Waals surface area contributed by atoms with Crippen molar-refractivity contribution in [3.8, 4) is 0 Å².